The molecule has 3 aliphatic carbocycles. The van der Waals surface area contributed by atoms with Crippen molar-refractivity contribution in [1.82, 2.24) is 0 Å². The van der Waals surface area contributed by atoms with E-state index in [2.05, 4.69) is 40.2 Å². The van der Waals surface area contributed by atoms with Gasteiger partial charge in [0.25, 0.3) is 0 Å². The minimum absolute atomic E-state index is 0.173. The van der Waals surface area contributed by atoms with Gasteiger partial charge < -0.3 is 4.74 Å². The molecule has 4 aliphatic rings. The van der Waals surface area contributed by atoms with E-state index in [-0.39, 0.29) is 17.7 Å². The van der Waals surface area contributed by atoms with Gasteiger partial charge in [0, 0.05) is 12.8 Å². The van der Waals surface area contributed by atoms with Crippen molar-refractivity contribution < 1.29 is 19.1 Å². The number of carbonyl (C=O) groups is 3. The van der Waals surface area contributed by atoms with Crippen LogP contribution >= 0.6 is 15.9 Å². The van der Waals surface area contributed by atoms with Crippen molar-refractivity contribution in [3.05, 3.63) is 95.1 Å². The van der Waals surface area contributed by atoms with Crippen molar-refractivity contribution in [1.29, 1.82) is 0 Å². The number of hydrogen-bond acceptors (Lipinski definition) is 4. The number of nitrogens with zero attached hydrogens (tertiary/aromatic N) is 1. The van der Waals surface area contributed by atoms with Crippen LogP contribution in [0.15, 0.2) is 72.8 Å². The Bertz CT molecular complexity index is 1270. The molecule has 1 fully saturated rings. The third-order valence-corrected chi connectivity index (χ3v) is 8.22. The minimum atomic E-state index is -0.765. The first-order valence-electron chi connectivity index (χ1n) is 10.5. The summed E-state index contributed by atoms with van der Waals surface area (Å²) in [6.07, 6.45) is 0. The number of halogens is 1. The van der Waals surface area contributed by atoms with Gasteiger partial charge in [-0.1, -0.05) is 64.5 Å². The molecule has 0 saturated carbocycles. The lowest BCUT2D eigenvalue weighted by molar-refractivity contribution is -0.132. The van der Waals surface area contributed by atoms with E-state index in [1.807, 2.05) is 24.3 Å². The molecule has 0 N–H and O–H groups in total. The van der Waals surface area contributed by atoms with E-state index in [0.717, 1.165) is 22.3 Å². The van der Waals surface area contributed by atoms with Crippen LogP contribution in [0, 0.1) is 11.8 Å². The number of esters is 1. The third kappa shape index (κ3) is 2.36. The van der Waals surface area contributed by atoms with Gasteiger partial charge in [-0.25, -0.2) is 4.90 Å². The fraction of sp³-hybridized carbons (Fsp3) is 0.192. The molecule has 2 atom stereocenters. The summed E-state index contributed by atoms with van der Waals surface area (Å²) in [5, 5.41) is 0. The Balaban J connectivity index is 1.50. The predicted molar refractivity (Wildman–Crippen MR) is 122 cm³/mol. The lowest BCUT2D eigenvalue weighted by Gasteiger charge is -2.51. The molecule has 0 spiro atoms. The van der Waals surface area contributed by atoms with Crippen LogP contribution in [0.5, 0.6) is 5.75 Å². The lowest BCUT2D eigenvalue weighted by Crippen LogP contribution is -2.50. The highest BCUT2D eigenvalue weighted by Crippen LogP contribution is 2.66. The third-order valence-electron chi connectivity index (χ3n) is 6.87. The fourth-order valence-corrected chi connectivity index (χ4v) is 6.97. The van der Waals surface area contributed by atoms with Crippen LogP contribution in [0.4, 0.5) is 5.69 Å². The largest absolute Gasteiger partial charge is 0.427 e. The summed E-state index contributed by atoms with van der Waals surface area (Å²) >= 11 is 3.99. The maximum Gasteiger partial charge on any atom is 0.308 e. The van der Waals surface area contributed by atoms with E-state index in [1.54, 1.807) is 24.3 Å². The quantitative estimate of drug-likeness (QED) is 0.231. The number of imide groups is 1. The van der Waals surface area contributed by atoms with Gasteiger partial charge in [0.05, 0.1) is 21.8 Å². The van der Waals surface area contributed by atoms with E-state index in [9.17, 15) is 14.4 Å². The van der Waals surface area contributed by atoms with Crippen LogP contribution in [0.1, 0.15) is 35.1 Å². The number of hydrogen-bond donors (Lipinski definition) is 0. The molecule has 1 aliphatic heterocycles. The summed E-state index contributed by atoms with van der Waals surface area (Å²) in [6, 6.07) is 22.7. The molecule has 1 saturated heterocycles. The zero-order chi connectivity index (χ0) is 22.2. The molecule has 7 rings (SSSR count). The average Bonchev–Trinajstić information content (AvgIpc) is 3.06. The first-order valence-corrected chi connectivity index (χ1v) is 11.3. The van der Waals surface area contributed by atoms with E-state index >= 15 is 0 Å². The average molecular weight is 488 g/mol. The molecule has 0 radical (unpaired) electrons. The molecule has 32 heavy (non-hydrogen) atoms. The summed E-state index contributed by atoms with van der Waals surface area (Å²) in [7, 11) is 0. The Morgan fingerprint density at radius 2 is 1.44 bits per heavy atom. The smallest absolute Gasteiger partial charge is 0.308 e. The Morgan fingerprint density at radius 3 is 2.00 bits per heavy atom. The summed E-state index contributed by atoms with van der Waals surface area (Å²) in [6.45, 7) is 1.33. The van der Waals surface area contributed by atoms with Crippen LogP contribution in [0.2, 0.25) is 0 Å². The standard InChI is InChI=1S/C26H18BrNO4/c1-14(29)32-16-12-10-15(11-13-16)28-24(30)22-21-17-6-2-4-8-19(17)26(27,23(22)25(28)31)20-9-5-3-7-18(20)21/h2-13,21-23H,1H3/t21?,22-,23+,26?/m1/s1. The molecule has 1 heterocycles. The van der Waals surface area contributed by atoms with E-state index in [4.69, 9.17) is 4.74 Å². The maximum absolute atomic E-state index is 13.8. The van der Waals surface area contributed by atoms with Gasteiger partial charge in [0.2, 0.25) is 11.8 Å². The van der Waals surface area contributed by atoms with Crippen molar-refractivity contribution in [2.45, 2.75) is 17.2 Å². The highest BCUT2D eigenvalue weighted by atomic mass is 79.9. The summed E-state index contributed by atoms with van der Waals surface area (Å²) < 4.78 is 4.32. The number of benzene rings is 3. The van der Waals surface area contributed by atoms with Crippen LogP contribution in [-0.4, -0.2) is 17.8 Å². The first-order chi connectivity index (χ1) is 15.4. The van der Waals surface area contributed by atoms with E-state index < -0.39 is 22.1 Å². The molecule has 158 valence electrons. The van der Waals surface area contributed by atoms with Gasteiger partial charge in [-0.3, -0.25) is 14.4 Å². The molecule has 2 bridgehead atoms. The summed E-state index contributed by atoms with van der Waals surface area (Å²) in [5.74, 6) is -1.67. The molecule has 0 aromatic heterocycles. The summed E-state index contributed by atoms with van der Waals surface area (Å²) in [5.41, 5.74) is 4.78. The zero-order valence-corrected chi connectivity index (χ0v) is 18.7. The summed E-state index contributed by atoms with van der Waals surface area (Å²) in [4.78, 5) is 40.1. The van der Waals surface area contributed by atoms with Crippen LogP contribution in [0.3, 0.4) is 0 Å². The SMILES string of the molecule is CC(=O)Oc1ccc(N2C(=O)[C@@H]3C4c5ccccc5C(Br)(c5ccccc54)[C@@H]3C2=O)cc1. The normalized spacial score (nSPS) is 27.1. The van der Waals surface area contributed by atoms with Crippen LogP contribution < -0.4 is 9.64 Å². The van der Waals surface area contributed by atoms with Crippen molar-refractivity contribution >= 4 is 39.4 Å². The number of ether oxygens (including phenoxy) is 1. The number of amides is 2. The van der Waals surface area contributed by atoms with Crippen LogP contribution in [-0.2, 0) is 18.7 Å². The second-order valence-corrected chi connectivity index (χ2v) is 9.72. The van der Waals surface area contributed by atoms with Crippen molar-refractivity contribution in [3.63, 3.8) is 0 Å². The molecule has 0 unspecified atom stereocenters. The molecular weight excluding hydrogens is 470 g/mol. The second kappa shape index (κ2) is 6.62. The Kier molecular flexibility index (Phi) is 4.02. The second-order valence-electron chi connectivity index (χ2n) is 8.47. The highest BCUT2D eigenvalue weighted by molar-refractivity contribution is 9.09. The maximum atomic E-state index is 13.8. The topological polar surface area (TPSA) is 63.7 Å². The fourth-order valence-electron chi connectivity index (χ4n) is 5.76. The minimum Gasteiger partial charge on any atom is -0.427 e. The highest BCUT2D eigenvalue weighted by Gasteiger charge is 2.67. The molecule has 2 amide bonds. The Labute approximate surface area is 193 Å². The molecule has 6 heteroatoms. The molecule has 5 nitrogen and oxygen atoms in total. The Morgan fingerprint density at radius 1 is 0.875 bits per heavy atom. The van der Waals surface area contributed by atoms with Gasteiger partial charge in [0.1, 0.15) is 5.75 Å². The van der Waals surface area contributed by atoms with Gasteiger partial charge in [0.15, 0.2) is 0 Å². The predicted octanol–water partition coefficient (Wildman–Crippen LogP) is 4.52. The number of anilines is 1. The zero-order valence-electron chi connectivity index (χ0n) is 17.1. The number of rotatable bonds is 2. The lowest BCUT2D eigenvalue weighted by atomic mass is 9.55. The number of alkyl halides is 1. The molecular formula is C26H18BrNO4. The monoisotopic (exact) mass is 487 g/mol. The first kappa shape index (κ1) is 19.4. The van der Waals surface area contributed by atoms with Gasteiger partial charge in [-0.15, -0.1) is 0 Å². The van der Waals surface area contributed by atoms with Gasteiger partial charge in [-0.2, -0.15) is 0 Å². The van der Waals surface area contributed by atoms with Crippen molar-refractivity contribution in [2.75, 3.05) is 4.90 Å². The van der Waals surface area contributed by atoms with Gasteiger partial charge in [-0.05, 0) is 46.5 Å². The van der Waals surface area contributed by atoms with Gasteiger partial charge >= 0.3 is 5.97 Å². The number of carbonyl (C=O) groups excluding carboxylic acids is 3. The Hall–Kier alpha value is -3.25. The molecule has 3 aromatic rings. The van der Waals surface area contributed by atoms with E-state index in [1.165, 1.54) is 11.8 Å². The van der Waals surface area contributed by atoms with Crippen molar-refractivity contribution in [3.8, 4) is 5.75 Å². The molecule has 3 aromatic carbocycles. The van der Waals surface area contributed by atoms with Crippen LogP contribution in [0.25, 0.3) is 0 Å². The van der Waals surface area contributed by atoms with Crippen molar-refractivity contribution in [2.24, 2.45) is 11.8 Å². The van der Waals surface area contributed by atoms with E-state index in [0.29, 0.717) is 11.4 Å².